The van der Waals surface area contributed by atoms with Gasteiger partial charge in [0.15, 0.2) is 6.29 Å². The van der Waals surface area contributed by atoms with Crippen LogP contribution in [0.3, 0.4) is 0 Å². The summed E-state index contributed by atoms with van der Waals surface area (Å²) in [5, 5.41) is 12.5. The summed E-state index contributed by atoms with van der Waals surface area (Å²) >= 11 is 1.56. The first-order valence-corrected chi connectivity index (χ1v) is 6.06. The van der Waals surface area contributed by atoms with Crippen LogP contribution in [0.4, 0.5) is 0 Å². The Bertz CT molecular complexity index is 319. The second-order valence-corrected chi connectivity index (χ2v) is 4.83. The Morgan fingerprint density at radius 2 is 2.00 bits per heavy atom. The number of ether oxygens (including phenoxy) is 3. The summed E-state index contributed by atoms with van der Waals surface area (Å²) in [6.07, 6.45) is -0.351. The topological polar surface area (TPSA) is 71.3 Å². The van der Waals surface area contributed by atoms with Gasteiger partial charge in [0.2, 0.25) is 5.16 Å². The molecule has 0 fully saturated rings. The highest BCUT2D eigenvalue weighted by Crippen LogP contribution is 2.20. The van der Waals surface area contributed by atoms with Crippen LogP contribution in [0.5, 0.6) is 0 Å². The fourth-order valence-electron chi connectivity index (χ4n) is 1.23. The highest BCUT2D eigenvalue weighted by atomic mass is 32.2. The van der Waals surface area contributed by atoms with E-state index in [1.807, 2.05) is 0 Å². The van der Waals surface area contributed by atoms with Gasteiger partial charge in [-0.25, -0.2) is 4.68 Å². The van der Waals surface area contributed by atoms with Crippen molar-refractivity contribution in [2.24, 2.45) is 0 Å². The number of thioether (sulfide) groups is 1. The summed E-state index contributed by atoms with van der Waals surface area (Å²) in [6, 6.07) is 0. The van der Waals surface area contributed by atoms with Gasteiger partial charge in [-0.1, -0.05) is 18.7 Å². The van der Waals surface area contributed by atoms with Gasteiger partial charge in [-0.15, -0.1) is 5.10 Å². The Morgan fingerprint density at radius 1 is 1.29 bits per heavy atom. The minimum atomic E-state index is -0.351. The first-order valence-electron chi connectivity index (χ1n) is 5.18. The quantitative estimate of drug-likeness (QED) is 0.496. The lowest BCUT2D eigenvalue weighted by molar-refractivity contribution is -0.113. The molecule has 1 heterocycles. The molecule has 1 aromatic rings. The molecule has 1 atom stereocenters. The molecular formula is C9H18N4O3S. The predicted molar refractivity (Wildman–Crippen MR) is 62.8 cm³/mol. The average molecular weight is 262 g/mol. The molecule has 98 valence electrons. The van der Waals surface area contributed by atoms with E-state index in [1.165, 1.54) is 0 Å². The normalized spacial score (nSPS) is 13.2. The summed E-state index contributed by atoms with van der Waals surface area (Å²) in [7, 11) is 4.84. The molecule has 0 aromatic carbocycles. The molecule has 0 N–H and O–H groups in total. The fraction of sp³-hybridized carbons (Fsp3) is 0.889. The molecule has 7 nitrogen and oxygen atoms in total. The third-order valence-electron chi connectivity index (χ3n) is 2.05. The summed E-state index contributed by atoms with van der Waals surface area (Å²) in [4.78, 5) is 0. The van der Waals surface area contributed by atoms with E-state index in [2.05, 4.69) is 22.4 Å². The van der Waals surface area contributed by atoms with Crippen LogP contribution in [0.2, 0.25) is 0 Å². The van der Waals surface area contributed by atoms with Crippen LogP contribution in [0.15, 0.2) is 5.16 Å². The van der Waals surface area contributed by atoms with Gasteiger partial charge in [0.1, 0.15) is 0 Å². The van der Waals surface area contributed by atoms with Crippen molar-refractivity contribution in [3.05, 3.63) is 0 Å². The van der Waals surface area contributed by atoms with E-state index in [4.69, 9.17) is 14.2 Å². The number of aromatic nitrogens is 4. The van der Waals surface area contributed by atoms with Crippen LogP contribution in [0.1, 0.15) is 6.92 Å². The number of hydrogen-bond acceptors (Lipinski definition) is 7. The molecule has 0 saturated heterocycles. The number of nitrogens with zero attached hydrogens (tertiary/aromatic N) is 4. The third-order valence-corrected chi connectivity index (χ3v) is 3.10. The smallest absolute Gasteiger partial charge is 0.209 e. The molecule has 0 saturated carbocycles. The monoisotopic (exact) mass is 262 g/mol. The minimum Gasteiger partial charge on any atom is -0.384 e. The number of methoxy groups -OCH3 is 3. The molecule has 1 unspecified atom stereocenters. The van der Waals surface area contributed by atoms with Crippen molar-refractivity contribution in [1.82, 2.24) is 20.2 Å². The van der Waals surface area contributed by atoms with E-state index in [-0.39, 0.29) is 11.5 Å². The standard InChI is InChI=1S/C9H18N4O3S/c1-7(6-14-2)17-9-10-11-12-13(9)5-8(15-3)16-4/h7-8H,5-6H2,1-4H3. The van der Waals surface area contributed by atoms with Crippen LogP contribution >= 0.6 is 11.8 Å². The number of hydrogen-bond donors (Lipinski definition) is 0. The molecule has 0 amide bonds. The number of tetrazole rings is 1. The van der Waals surface area contributed by atoms with Crippen LogP contribution in [0, 0.1) is 0 Å². The maximum Gasteiger partial charge on any atom is 0.209 e. The zero-order chi connectivity index (χ0) is 12.7. The predicted octanol–water partition coefficient (Wildman–Crippen LogP) is 0.419. The van der Waals surface area contributed by atoms with E-state index < -0.39 is 0 Å². The van der Waals surface area contributed by atoms with E-state index in [0.29, 0.717) is 13.2 Å². The molecule has 0 aliphatic rings. The summed E-state index contributed by atoms with van der Waals surface area (Å²) in [5.41, 5.74) is 0. The maximum atomic E-state index is 5.11. The summed E-state index contributed by atoms with van der Waals surface area (Å²) < 4.78 is 16.9. The molecule has 0 aliphatic carbocycles. The molecular weight excluding hydrogens is 244 g/mol. The molecule has 17 heavy (non-hydrogen) atoms. The van der Waals surface area contributed by atoms with Gasteiger partial charge in [0, 0.05) is 26.6 Å². The zero-order valence-electron chi connectivity index (χ0n) is 10.5. The highest BCUT2D eigenvalue weighted by molar-refractivity contribution is 7.99. The van der Waals surface area contributed by atoms with E-state index in [1.54, 1.807) is 37.8 Å². The van der Waals surface area contributed by atoms with Crippen molar-refractivity contribution >= 4 is 11.8 Å². The summed E-state index contributed by atoms with van der Waals surface area (Å²) in [6.45, 7) is 3.16. The number of rotatable bonds is 8. The van der Waals surface area contributed by atoms with Crippen molar-refractivity contribution in [3.8, 4) is 0 Å². The van der Waals surface area contributed by atoms with Gasteiger partial charge in [0.05, 0.1) is 13.2 Å². The molecule has 1 rings (SSSR count). The Balaban J connectivity index is 2.59. The molecule has 0 radical (unpaired) electrons. The van der Waals surface area contributed by atoms with Crippen LogP contribution in [0.25, 0.3) is 0 Å². The molecule has 8 heteroatoms. The van der Waals surface area contributed by atoms with E-state index in [0.717, 1.165) is 5.16 Å². The van der Waals surface area contributed by atoms with Gasteiger partial charge >= 0.3 is 0 Å². The lowest BCUT2D eigenvalue weighted by Gasteiger charge is -2.14. The Morgan fingerprint density at radius 3 is 2.59 bits per heavy atom. The second-order valence-electron chi connectivity index (χ2n) is 3.43. The Labute approximate surface area is 105 Å². The Kier molecular flexibility index (Phi) is 6.41. The van der Waals surface area contributed by atoms with Crippen molar-refractivity contribution < 1.29 is 14.2 Å². The van der Waals surface area contributed by atoms with Crippen molar-refractivity contribution in [3.63, 3.8) is 0 Å². The highest BCUT2D eigenvalue weighted by Gasteiger charge is 2.15. The largest absolute Gasteiger partial charge is 0.384 e. The average Bonchev–Trinajstić information content (AvgIpc) is 2.73. The van der Waals surface area contributed by atoms with Crippen molar-refractivity contribution in [2.45, 2.75) is 30.2 Å². The fourth-order valence-corrected chi connectivity index (χ4v) is 2.11. The maximum absolute atomic E-state index is 5.11. The van der Waals surface area contributed by atoms with Crippen LogP contribution in [-0.4, -0.2) is 59.7 Å². The Hall–Kier alpha value is -0.700. The first kappa shape index (κ1) is 14.4. The minimum absolute atomic E-state index is 0.285. The van der Waals surface area contributed by atoms with Crippen LogP contribution in [-0.2, 0) is 20.8 Å². The molecule has 0 spiro atoms. The van der Waals surface area contributed by atoms with Gasteiger partial charge in [-0.2, -0.15) is 0 Å². The lowest BCUT2D eigenvalue weighted by Crippen LogP contribution is -2.22. The first-order chi connectivity index (χ1) is 8.21. The summed E-state index contributed by atoms with van der Waals surface area (Å²) in [5.74, 6) is 0. The SMILES string of the molecule is COCC(C)Sc1nnnn1CC(OC)OC. The van der Waals surface area contributed by atoms with Gasteiger partial charge in [-0.05, 0) is 10.4 Å². The molecule has 0 bridgehead atoms. The van der Waals surface area contributed by atoms with Gasteiger partial charge in [-0.3, -0.25) is 0 Å². The van der Waals surface area contributed by atoms with E-state index >= 15 is 0 Å². The van der Waals surface area contributed by atoms with Gasteiger partial charge in [0.25, 0.3) is 0 Å². The van der Waals surface area contributed by atoms with E-state index in [9.17, 15) is 0 Å². The molecule has 1 aromatic heterocycles. The lowest BCUT2D eigenvalue weighted by atomic mass is 10.5. The molecule has 0 aliphatic heterocycles. The zero-order valence-corrected chi connectivity index (χ0v) is 11.3. The second kappa shape index (κ2) is 7.59. The van der Waals surface area contributed by atoms with Crippen LogP contribution < -0.4 is 0 Å². The van der Waals surface area contributed by atoms with Crippen molar-refractivity contribution in [1.29, 1.82) is 0 Å². The third kappa shape index (κ3) is 4.58. The van der Waals surface area contributed by atoms with Gasteiger partial charge < -0.3 is 14.2 Å². The van der Waals surface area contributed by atoms with Crippen molar-refractivity contribution in [2.75, 3.05) is 27.9 Å².